The van der Waals surface area contributed by atoms with Gasteiger partial charge in [-0.15, -0.1) is 0 Å². The Bertz CT molecular complexity index is 4460. The van der Waals surface area contributed by atoms with E-state index in [1.165, 1.54) is 33.9 Å². The van der Waals surface area contributed by atoms with E-state index in [2.05, 4.69) is 219 Å². The summed E-state index contributed by atoms with van der Waals surface area (Å²) in [6.07, 6.45) is 8.16. The Morgan fingerprint density at radius 3 is 1.69 bits per heavy atom. The number of allylic oxidation sites excluding steroid dienone is 7. The molecule has 1 amide bonds. The number of carbonyl (C=O) groups is 3. The molecule has 13 nitrogen and oxygen atoms in total. The normalized spacial score (nSPS) is 14.4. The number of anilines is 1. The first-order valence-corrected chi connectivity index (χ1v) is 33.0. The van der Waals surface area contributed by atoms with Crippen molar-refractivity contribution in [2.24, 2.45) is 0 Å². The lowest BCUT2D eigenvalue weighted by Gasteiger charge is -2.28. The van der Waals surface area contributed by atoms with E-state index in [1.807, 2.05) is 36.4 Å². The Morgan fingerprint density at radius 2 is 1.12 bits per heavy atom. The second kappa shape index (κ2) is 31.5. The fraction of sp³-hybridized carbons (Fsp3) is 0.275. The van der Waals surface area contributed by atoms with Crippen LogP contribution in [0.5, 0.6) is 0 Å². The number of ketones is 1. The highest BCUT2D eigenvalue weighted by molar-refractivity contribution is 6.59. The molecule has 506 valence electrons. The SMILES string of the molecule is C=C(C)C(=O)CCCCN(Cc1ccccc1B(O)O)Cc1c2ccccc2c(CN(CCCNC(=O)C(=C)C)Cc2ccccc2B(O)O)c2ccc(-c3cccc(-c4ccc5c(c4)C(C)(C)/C(=C/C=C/C=C/C4=[N+](C)c6ccccc6C4(C)C)N5C)c3)cc12.O=C([O-])C(F)(F)F. The van der Waals surface area contributed by atoms with Gasteiger partial charge in [0.1, 0.15) is 13.0 Å². The molecule has 8 aromatic rings. The van der Waals surface area contributed by atoms with Gasteiger partial charge in [-0.1, -0.05) is 173 Å². The second-order valence-corrected chi connectivity index (χ2v) is 26.5. The standard InChI is InChI=1S/C78H85B2N5O6.C2HF3O2/c1-53(2)73(86)36-22-23-44-84(49-59-26-14-19-33-69(59)79(88)89)52-66-62-31-17-16-30-61(62)65(51-85(45-25-43-81-76(87)54(3)4)50-60-27-15-20-34-70(60)80(90)91)63-41-39-57(47-64(63)66)55-28-24-29-56(46-55)58-40-42-72-68(48-58)78(7,8)75(83(72)10)38-13-11-12-37-74-77(5,6)67-32-18-21-35-71(67)82(74)9;3-2(4,5)1(6)7/h11-21,24,26-35,37-42,46-48,88-91H,1,3,22-23,25,36,43-45,49-52H2,2,4-10H3;(H,6,7). The van der Waals surface area contributed by atoms with Gasteiger partial charge in [0.05, 0.1) is 5.41 Å². The summed E-state index contributed by atoms with van der Waals surface area (Å²) in [5.74, 6) is -3.15. The van der Waals surface area contributed by atoms with Gasteiger partial charge in [0.15, 0.2) is 11.5 Å². The summed E-state index contributed by atoms with van der Waals surface area (Å²) >= 11 is 0. The fourth-order valence-corrected chi connectivity index (χ4v) is 13.6. The first-order chi connectivity index (χ1) is 46.6. The van der Waals surface area contributed by atoms with Crippen molar-refractivity contribution in [1.29, 1.82) is 0 Å². The molecule has 0 aromatic heterocycles. The highest BCUT2D eigenvalue weighted by Gasteiger charge is 2.43. The van der Waals surface area contributed by atoms with Gasteiger partial charge in [-0.05, 0) is 172 Å². The molecule has 2 aliphatic rings. The summed E-state index contributed by atoms with van der Waals surface area (Å²) in [6.45, 7) is 23.9. The van der Waals surface area contributed by atoms with Crippen molar-refractivity contribution in [3.8, 4) is 22.3 Å². The van der Waals surface area contributed by atoms with Crippen molar-refractivity contribution in [2.45, 2.75) is 110 Å². The summed E-state index contributed by atoms with van der Waals surface area (Å²) < 4.78 is 33.8. The van der Waals surface area contributed by atoms with Crippen molar-refractivity contribution in [1.82, 2.24) is 15.1 Å². The molecule has 10 rings (SSSR count). The van der Waals surface area contributed by atoms with Crippen LogP contribution in [0.25, 0.3) is 43.8 Å². The van der Waals surface area contributed by atoms with Crippen molar-refractivity contribution < 1.29 is 57.3 Å². The minimum atomic E-state index is -5.19. The zero-order chi connectivity index (χ0) is 70.8. The molecule has 2 heterocycles. The number of hydrogen-bond acceptors (Lipinski definition) is 11. The number of amides is 1. The van der Waals surface area contributed by atoms with Gasteiger partial charge in [0.25, 0.3) is 0 Å². The first-order valence-electron chi connectivity index (χ1n) is 33.0. The van der Waals surface area contributed by atoms with E-state index in [1.54, 1.807) is 26.0 Å². The molecule has 0 saturated carbocycles. The third-order valence-electron chi connectivity index (χ3n) is 18.9. The van der Waals surface area contributed by atoms with Crippen LogP contribution in [0.4, 0.5) is 24.5 Å². The van der Waals surface area contributed by atoms with Crippen LogP contribution in [-0.4, -0.2) is 112 Å². The minimum Gasteiger partial charge on any atom is -0.542 e. The van der Waals surface area contributed by atoms with Crippen LogP contribution < -0.4 is 26.2 Å². The number of benzene rings is 8. The van der Waals surface area contributed by atoms with Gasteiger partial charge < -0.3 is 40.2 Å². The number of para-hydroxylation sites is 1. The number of likely N-dealkylation sites (N-methyl/N-ethyl adjacent to an activating group) is 1. The van der Waals surface area contributed by atoms with Gasteiger partial charge in [0, 0.05) is 92.8 Å². The highest BCUT2D eigenvalue weighted by atomic mass is 19.4. The molecule has 2 aliphatic heterocycles. The number of halogens is 3. The largest absolute Gasteiger partial charge is 0.542 e. The van der Waals surface area contributed by atoms with Gasteiger partial charge >= 0.3 is 20.4 Å². The average Bonchev–Trinajstić information content (AvgIpc) is 1.15. The second-order valence-electron chi connectivity index (χ2n) is 26.5. The number of nitrogens with one attached hydrogen (secondary N) is 1. The Labute approximate surface area is 573 Å². The summed E-state index contributed by atoms with van der Waals surface area (Å²) in [6, 6.07) is 54.5. The van der Waals surface area contributed by atoms with E-state index < -0.39 is 26.4 Å². The third-order valence-corrected chi connectivity index (χ3v) is 18.9. The smallest absolute Gasteiger partial charge is 0.488 e. The van der Waals surface area contributed by atoms with Crippen LogP contribution in [0.15, 0.2) is 218 Å². The van der Waals surface area contributed by atoms with Crippen LogP contribution in [0.2, 0.25) is 0 Å². The van der Waals surface area contributed by atoms with Crippen molar-refractivity contribution >= 4 is 81.5 Å². The Morgan fingerprint density at radius 1 is 0.602 bits per heavy atom. The van der Waals surface area contributed by atoms with Gasteiger partial charge in [0.2, 0.25) is 11.6 Å². The Balaban J connectivity index is 0.00000152. The van der Waals surface area contributed by atoms with Crippen molar-refractivity contribution in [2.75, 3.05) is 38.6 Å². The lowest BCUT2D eigenvalue weighted by atomic mass is 9.77. The molecule has 0 bridgehead atoms. The number of hydrogen-bond donors (Lipinski definition) is 5. The number of carbonyl (C=O) groups excluding carboxylic acids is 3. The maximum absolute atomic E-state index is 12.8. The minimum absolute atomic E-state index is 0.0522. The molecule has 5 N–H and O–H groups in total. The molecule has 0 atom stereocenters. The zero-order valence-electron chi connectivity index (χ0n) is 57.1. The molecule has 0 unspecified atom stereocenters. The van der Waals surface area contributed by atoms with Crippen molar-refractivity contribution in [3.05, 3.63) is 251 Å². The van der Waals surface area contributed by atoms with Crippen LogP contribution in [0, 0.1) is 0 Å². The Hall–Kier alpha value is -9.26. The lowest BCUT2D eigenvalue weighted by Crippen LogP contribution is -2.37. The number of carboxylic acid groups (broad SMARTS) is 1. The van der Waals surface area contributed by atoms with Crippen LogP contribution in [0.3, 0.4) is 0 Å². The number of nitrogens with zero attached hydrogens (tertiary/aromatic N) is 4. The molecule has 98 heavy (non-hydrogen) atoms. The van der Waals surface area contributed by atoms with E-state index in [0.29, 0.717) is 87.1 Å². The molecule has 8 aromatic carbocycles. The zero-order valence-corrected chi connectivity index (χ0v) is 57.1. The number of unbranched alkanes of at least 4 members (excludes halogenated alkanes) is 1. The topological polar surface area (TPSA) is 180 Å². The van der Waals surface area contributed by atoms with Gasteiger partial charge in [-0.2, -0.15) is 17.7 Å². The van der Waals surface area contributed by atoms with Crippen LogP contribution in [0.1, 0.15) is 101 Å². The van der Waals surface area contributed by atoms with Gasteiger partial charge in [-0.25, -0.2) is 0 Å². The van der Waals surface area contributed by atoms with Crippen LogP contribution in [-0.2, 0) is 51.4 Å². The van der Waals surface area contributed by atoms with Gasteiger partial charge in [-0.3, -0.25) is 19.4 Å². The first kappa shape index (κ1) is 73.0. The van der Waals surface area contributed by atoms with Crippen LogP contribution >= 0.6 is 0 Å². The number of rotatable bonds is 26. The molecule has 0 spiro atoms. The molecule has 0 saturated heterocycles. The predicted octanol–water partition coefficient (Wildman–Crippen LogP) is 11.8. The summed E-state index contributed by atoms with van der Waals surface area (Å²) in [5.41, 5.74) is 17.2. The van der Waals surface area contributed by atoms with E-state index in [9.17, 15) is 42.9 Å². The molecule has 0 aliphatic carbocycles. The number of alkyl halides is 3. The molecule has 0 fully saturated rings. The monoisotopic (exact) mass is 1320 g/mol. The number of Topliss-reactive ketones (excluding diaryl/α,β-unsaturated/α-hetero) is 1. The number of fused-ring (bicyclic) bond motifs is 4. The third kappa shape index (κ3) is 16.8. The van der Waals surface area contributed by atoms with E-state index >= 15 is 0 Å². The lowest BCUT2D eigenvalue weighted by molar-refractivity contribution is -0.401. The number of carboxylic acids is 1. The summed E-state index contributed by atoms with van der Waals surface area (Å²) in [4.78, 5) is 41.2. The molecule has 0 radical (unpaired) electrons. The average molecular weight is 1320 g/mol. The van der Waals surface area contributed by atoms with E-state index in [-0.39, 0.29) is 22.5 Å². The summed E-state index contributed by atoms with van der Waals surface area (Å²) in [5, 5.41) is 58.5. The fourth-order valence-electron chi connectivity index (χ4n) is 13.6. The molecule has 18 heteroatoms. The Kier molecular flexibility index (Phi) is 23.5. The quantitative estimate of drug-likeness (QED) is 0.00870. The summed E-state index contributed by atoms with van der Waals surface area (Å²) in [7, 11) is 0.999. The van der Waals surface area contributed by atoms with Crippen molar-refractivity contribution in [3.63, 3.8) is 0 Å². The molecular weight excluding hydrogens is 1240 g/mol. The maximum atomic E-state index is 12.8. The van der Waals surface area contributed by atoms with E-state index in [0.717, 1.165) is 72.5 Å². The predicted molar refractivity (Wildman–Crippen MR) is 388 cm³/mol. The maximum Gasteiger partial charge on any atom is 0.488 e. The highest BCUT2D eigenvalue weighted by Crippen LogP contribution is 2.49. The number of aliphatic carboxylic acids is 1. The van der Waals surface area contributed by atoms with E-state index in [4.69, 9.17) is 9.90 Å². The molecular formula is C80H86B2F3N5O8.